The summed E-state index contributed by atoms with van der Waals surface area (Å²) in [5.41, 5.74) is 0. The van der Waals surface area contributed by atoms with Crippen LogP contribution >= 0.6 is 0 Å². The van der Waals surface area contributed by atoms with Crippen molar-refractivity contribution in [3.63, 3.8) is 0 Å². The summed E-state index contributed by atoms with van der Waals surface area (Å²) in [7, 11) is 1.83. The summed E-state index contributed by atoms with van der Waals surface area (Å²) in [6, 6.07) is -0.00306. The number of aromatic nitrogens is 3. The molecule has 16 heavy (non-hydrogen) atoms. The Bertz CT molecular complexity index is 356. The molecule has 6 heteroatoms. The molecule has 1 fully saturated rings. The SMILES string of the molecule is Cn1cnc(CCNC(=O)C2CCCN2)n1. The van der Waals surface area contributed by atoms with Crippen molar-refractivity contribution < 1.29 is 4.79 Å². The van der Waals surface area contributed by atoms with Crippen LogP contribution in [0.15, 0.2) is 6.33 Å². The Hall–Kier alpha value is -1.43. The molecule has 1 aliphatic heterocycles. The average molecular weight is 223 g/mol. The lowest BCUT2D eigenvalue weighted by molar-refractivity contribution is -0.122. The minimum absolute atomic E-state index is 0.00306. The van der Waals surface area contributed by atoms with Crippen LogP contribution < -0.4 is 10.6 Å². The quantitative estimate of drug-likeness (QED) is 0.703. The number of aryl methyl sites for hydroxylation is 1. The first kappa shape index (κ1) is 11.1. The molecule has 2 rings (SSSR count). The molecule has 0 bridgehead atoms. The average Bonchev–Trinajstić information content (AvgIpc) is 2.89. The lowest BCUT2D eigenvalue weighted by Gasteiger charge is -2.09. The number of hydrogen-bond acceptors (Lipinski definition) is 4. The van der Waals surface area contributed by atoms with Crippen molar-refractivity contribution in [2.45, 2.75) is 25.3 Å². The Labute approximate surface area is 94.4 Å². The highest BCUT2D eigenvalue weighted by Crippen LogP contribution is 2.04. The van der Waals surface area contributed by atoms with E-state index in [1.165, 1.54) is 0 Å². The third-order valence-electron chi connectivity index (χ3n) is 2.67. The minimum atomic E-state index is -0.00306. The molecule has 1 aromatic rings. The highest BCUT2D eigenvalue weighted by Gasteiger charge is 2.21. The van der Waals surface area contributed by atoms with E-state index in [9.17, 15) is 4.79 Å². The highest BCUT2D eigenvalue weighted by molar-refractivity contribution is 5.81. The monoisotopic (exact) mass is 223 g/mol. The standard InChI is InChI=1S/C10H17N5O/c1-15-7-13-9(14-15)4-6-12-10(16)8-3-2-5-11-8/h7-8,11H,2-6H2,1H3,(H,12,16). The summed E-state index contributed by atoms with van der Waals surface area (Å²) in [6.07, 6.45) is 4.36. The maximum Gasteiger partial charge on any atom is 0.237 e. The maximum atomic E-state index is 11.6. The Morgan fingerprint density at radius 2 is 2.62 bits per heavy atom. The third-order valence-corrected chi connectivity index (χ3v) is 2.67. The van der Waals surface area contributed by atoms with Gasteiger partial charge in [0.1, 0.15) is 6.33 Å². The van der Waals surface area contributed by atoms with Crippen LogP contribution in [-0.4, -0.2) is 39.8 Å². The van der Waals surface area contributed by atoms with E-state index in [4.69, 9.17) is 0 Å². The molecule has 0 saturated carbocycles. The molecule has 1 aliphatic rings. The van der Waals surface area contributed by atoms with Crippen LogP contribution in [0.2, 0.25) is 0 Å². The lowest BCUT2D eigenvalue weighted by atomic mass is 10.2. The van der Waals surface area contributed by atoms with Crippen LogP contribution in [0.25, 0.3) is 0 Å². The summed E-state index contributed by atoms with van der Waals surface area (Å²) in [4.78, 5) is 15.7. The lowest BCUT2D eigenvalue weighted by Crippen LogP contribution is -2.41. The van der Waals surface area contributed by atoms with Gasteiger partial charge in [0.05, 0.1) is 6.04 Å². The fourth-order valence-electron chi connectivity index (χ4n) is 1.83. The zero-order valence-corrected chi connectivity index (χ0v) is 9.44. The Morgan fingerprint density at radius 3 is 3.25 bits per heavy atom. The van der Waals surface area contributed by atoms with Gasteiger partial charge in [-0.3, -0.25) is 9.48 Å². The van der Waals surface area contributed by atoms with E-state index in [0.717, 1.165) is 25.2 Å². The normalized spacial score (nSPS) is 19.9. The van der Waals surface area contributed by atoms with Gasteiger partial charge in [-0.2, -0.15) is 5.10 Å². The van der Waals surface area contributed by atoms with E-state index >= 15 is 0 Å². The minimum Gasteiger partial charge on any atom is -0.354 e. The summed E-state index contributed by atoms with van der Waals surface area (Å²) in [5, 5.41) is 10.2. The van der Waals surface area contributed by atoms with E-state index in [-0.39, 0.29) is 11.9 Å². The molecule has 6 nitrogen and oxygen atoms in total. The molecule has 2 N–H and O–H groups in total. The van der Waals surface area contributed by atoms with Crippen LogP contribution in [0.3, 0.4) is 0 Å². The van der Waals surface area contributed by atoms with Crippen LogP contribution in [0.4, 0.5) is 0 Å². The molecule has 88 valence electrons. The van der Waals surface area contributed by atoms with Gasteiger partial charge >= 0.3 is 0 Å². The van der Waals surface area contributed by atoms with Gasteiger partial charge in [0.25, 0.3) is 0 Å². The molecule has 1 atom stereocenters. The molecule has 0 aliphatic carbocycles. The second-order valence-electron chi connectivity index (χ2n) is 4.02. The van der Waals surface area contributed by atoms with Crippen LogP contribution in [0.1, 0.15) is 18.7 Å². The molecule has 0 aromatic carbocycles. The summed E-state index contributed by atoms with van der Waals surface area (Å²) in [5.74, 6) is 0.857. The third kappa shape index (κ3) is 2.79. The van der Waals surface area contributed by atoms with E-state index < -0.39 is 0 Å². The van der Waals surface area contributed by atoms with E-state index in [1.807, 2.05) is 7.05 Å². The zero-order chi connectivity index (χ0) is 11.4. The zero-order valence-electron chi connectivity index (χ0n) is 9.44. The van der Waals surface area contributed by atoms with Crippen molar-refractivity contribution in [3.8, 4) is 0 Å². The highest BCUT2D eigenvalue weighted by atomic mass is 16.2. The first-order valence-electron chi connectivity index (χ1n) is 5.61. The molecular weight excluding hydrogens is 206 g/mol. The topological polar surface area (TPSA) is 71.8 Å². The second kappa shape index (κ2) is 5.07. The fourth-order valence-corrected chi connectivity index (χ4v) is 1.83. The number of nitrogens with one attached hydrogen (secondary N) is 2. The first-order chi connectivity index (χ1) is 7.75. The molecule has 2 heterocycles. The van der Waals surface area contributed by atoms with Gasteiger partial charge in [0.2, 0.25) is 5.91 Å². The number of nitrogens with zero attached hydrogens (tertiary/aromatic N) is 3. The number of amides is 1. The van der Waals surface area contributed by atoms with Crippen molar-refractivity contribution in [3.05, 3.63) is 12.2 Å². The van der Waals surface area contributed by atoms with Crippen molar-refractivity contribution in [1.82, 2.24) is 25.4 Å². The number of carbonyl (C=O) groups is 1. The fraction of sp³-hybridized carbons (Fsp3) is 0.700. The Morgan fingerprint density at radius 1 is 1.75 bits per heavy atom. The molecule has 1 unspecified atom stereocenters. The maximum absolute atomic E-state index is 11.6. The second-order valence-corrected chi connectivity index (χ2v) is 4.02. The van der Waals surface area contributed by atoms with Crippen LogP contribution in [0.5, 0.6) is 0 Å². The molecule has 1 saturated heterocycles. The Kier molecular flexibility index (Phi) is 3.51. The number of rotatable bonds is 4. The van der Waals surface area contributed by atoms with Crippen molar-refractivity contribution in [2.24, 2.45) is 7.05 Å². The van der Waals surface area contributed by atoms with Crippen molar-refractivity contribution >= 4 is 5.91 Å². The smallest absolute Gasteiger partial charge is 0.237 e. The predicted octanol–water partition coefficient (Wildman–Crippen LogP) is -0.774. The number of hydrogen-bond donors (Lipinski definition) is 2. The van der Waals surface area contributed by atoms with Gasteiger partial charge in [-0.15, -0.1) is 0 Å². The van der Waals surface area contributed by atoms with E-state index in [2.05, 4.69) is 20.7 Å². The first-order valence-corrected chi connectivity index (χ1v) is 5.61. The summed E-state index contributed by atoms with van der Waals surface area (Å²) in [6.45, 7) is 1.54. The molecule has 1 aromatic heterocycles. The van der Waals surface area contributed by atoms with Gasteiger partial charge in [0, 0.05) is 20.0 Å². The molecule has 0 radical (unpaired) electrons. The summed E-state index contributed by atoms with van der Waals surface area (Å²) >= 11 is 0. The van der Waals surface area contributed by atoms with Crippen LogP contribution in [-0.2, 0) is 18.3 Å². The Balaban J connectivity index is 1.69. The predicted molar refractivity (Wildman–Crippen MR) is 58.7 cm³/mol. The van der Waals surface area contributed by atoms with Crippen molar-refractivity contribution in [2.75, 3.05) is 13.1 Å². The van der Waals surface area contributed by atoms with Gasteiger partial charge in [-0.1, -0.05) is 0 Å². The van der Waals surface area contributed by atoms with E-state index in [0.29, 0.717) is 13.0 Å². The molecule has 1 amide bonds. The van der Waals surface area contributed by atoms with Gasteiger partial charge in [-0.25, -0.2) is 4.98 Å². The largest absolute Gasteiger partial charge is 0.354 e. The van der Waals surface area contributed by atoms with Crippen molar-refractivity contribution in [1.29, 1.82) is 0 Å². The van der Waals surface area contributed by atoms with Gasteiger partial charge in [-0.05, 0) is 19.4 Å². The van der Waals surface area contributed by atoms with Crippen LogP contribution in [0, 0.1) is 0 Å². The summed E-state index contributed by atoms with van der Waals surface area (Å²) < 4.78 is 1.66. The van der Waals surface area contributed by atoms with Gasteiger partial charge in [0.15, 0.2) is 5.82 Å². The number of carbonyl (C=O) groups excluding carboxylic acids is 1. The van der Waals surface area contributed by atoms with Gasteiger partial charge < -0.3 is 10.6 Å². The van der Waals surface area contributed by atoms with E-state index in [1.54, 1.807) is 11.0 Å². The molecular formula is C10H17N5O. The molecule has 0 spiro atoms.